The maximum atomic E-state index is 10.6. The van der Waals surface area contributed by atoms with Gasteiger partial charge in [-0.3, -0.25) is 0 Å². The van der Waals surface area contributed by atoms with Crippen LogP contribution in [0.15, 0.2) is 66.7 Å². The molecule has 3 aromatic carbocycles. The zero-order valence-electron chi connectivity index (χ0n) is 19.1. The SMILES string of the molecule is OCC1OC(c2ccc(Oc3ccccc3)c(Cc3ccc4c(c3)NCCO4)c2)C(O)C(O)C1O. The van der Waals surface area contributed by atoms with Crippen molar-refractivity contribution in [1.29, 1.82) is 0 Å². The largest absolute Gasteiger partial charge is 0.490 e. The summed E-state index contributed by atoms with van der Waals surface area (Å²) in [5.74, 6) is 2.15. The second-order valence-corrected chi connectivity index (χ2v) is 8.81. The molecule has 5 unspecified atom stereocenters. The van der Waals surface area contributed by atoms with Gasteiger partial charge in [-0.1, -0.05) is 30.3 Å². The molecule has 3 aromatic rings. The molecule has 5 atom stereocenters. The van der Waals surface area contributed by atoms with Crippen LogP contribution >= 0.6 is 0 Å². The van der Waals surface area contributed by atoms with Crippen LogP contribution in [0.2, 0.25) is 0 Å². The summed E-state index contributed by atoms with van der Waals surface area (Å²) in [5.41, 5.74) is 3.42. The fourth-order valence-electron chi connectivity index (χ4n) is 4.52. The van der Waals surface area contributed by atoms with Crippen LogP contribution in [0.5, 0.6) is 17.2 Å². The van der Waals surface area contributed by atoms with Crippen molar-refractivity contribution in [2.75, 3.05) is 25.1 Å². The highest BCUT2D eigenvalue weighted by Gasteiger charge is 2.44. The van der Waals surface area contributed by atoms with Crippen molar-refractivity contribution in [3.8, 4) is 17.2 Å². The molecule has 2 heterocycles. The predicted molar refractivity (Wildman–Crippen MR) is 129 cm³/mol. The Balaban J connectivity index is 1.49. The Bertz CT molecular complexity index is 1150. The minimum absolute atomic E-state index is 0.478. The van der Waals surface area contributed by atoms with Crippen molar-refractivity contribution in [2.24, 2.45) is 0 Å². The van der Waals surface area contributed by atoms with Crippen molar-refractivity contribution in [3.05, 3.63) is 83.4 Å². The van der Waals surface area contributed by atoms with Crippen molar-refractivity contribution >= 4 is 5.69 Å². The lowest BCUT2D eigenvalue weighted by molar-refractivity contribution is -0.231. The molecule has 1 fully saturated rings. The number of aliphatic hydroxyl groups is 4. The number of benzene rings is 3. The minimum atomic E-state index is -1.44. The molecule has 2 aliphatic rings. The first kappa shape index (κ1) is 23.6. The van der Waals surface area contributed by atoms with Crippen LogP contribution in [0.4, 0.5) is 5.69 Å². The van der Waals surface area contributed by atoms with E-state index in [-0.39, 0.29) is 0 Å². The highest BCUT2D eigenvalue weighted by atomic mass is 16.5. The summed E-state index contributed by atoms with van der Waals surface area (Å²) in [4.78, 5) is 0. The van der Waals surface area contributed by atoms with E-state index in [1.165, 1.54) is 0 Å². The zero-order chi connectivity index (χ0) is 24.4. The maximum absolute atomic E-state index is 10.6. The Morgan fingerprint density at radius 3 is 2.54 bits per heavy atom. The number of rotatable bonds is 6. The Kier molecular flexibility index (Phi) is 6.90. The highest BCUT2D eigenvalue weighted by Crippen LogP contribution is 2.37. The molecule has 8 nitrogen and oxygen atoms in total. The van der Waals surface area contributed by atoms with Crippen LogP contribution < -0.4 is 14.8 Å². The van der Waals surface area contributed by atoms with Gasteiger partial charge in [0.2, 0.25) is 0 Å². The van der Waals surface area contributed by atoms with E-state index in [1.807, 2.05) is 54.6 Å². The van der Waals surface area contributed by atoms with E-state index in [2.05, 4.69) is 5.32 Å². The average molecular weight is 480 g/mol. The van der Waals surface area contributed by atoms with E-state index in [0.717, 1.165) is 29.1 Å². The number of fused-ring (bicyclic) bond motifs is 1. The summed E-state index contributed by atoms with van der Waals surface area (Å²) in [6.07, 6.45) is -5.57. The van der Waals surface area contributed by atoms with E-state index >= 15 is 0 Å². The third kappa shape index (κ3) is 4.98. The van der Waals surface area contributed by atoms with Gasteiger partial charge in [0.05, 0.1) is 12.3 Å². The molecular formula is C27H29NO7. The van der Waals surface area contributed by atoms with E-state index in [9.17, 15) is 20.4 Å². The zero-order valence-corrected chi connectivity index (χ0v) is 19.1. The topological polar surface area (TPSA) is 121 Å². The van der Waals surface area contributed by atoms with Gasteiger partial charge in [0.25, 0.3) is 0 Å². The molecule has 5 rings (SSSR count). The van der Waals surface area contributed by atoms with Gasteiger partial charge in [-0.25, -0.2) is 0 Å². The monoisotopic (exact) mass is 479 g/mol. The molecule has 0 spiro atoms. The number of hydrogen-bond acceptors (Lipinski definition) is 8. The van der Waals surface area contributed by atoms with Crippen molar-refractivity contribution in [1.82, 2.24) is 0 Å². The number of anilines is 1. The van der Waals surface area contributed by atoms with Crippen LogP contribution in [-0.4, -0.2) is 64.6 Å². The van der Waals surface area contributed by atoms with Crippen molar-refractivity contribution < 1.29 is 34.6 Å². The van der Waals surface area contributed by atoms with Gasteiger partial charge < -0.3 is 40.0 Å². The molecule has 0 saturated carbocycles. The molecule has 184 valence electrons. The summed E-state index contributed by atoms with van der Waals surface area (Å²) in [6, 6.07) is 20.9. The highest BCUT2D eigenvalue weighted by molar-refractivity contribution is 5.60. The van der Waals surface area contributed by atoms with Crippen LogP contribution in [0, 0.1) is 0 Å². The quantitative estimate of drug-likeness (QED) is 0.366. The van der Waals surface area contributed by atoms with Crippen molar-refractivity contribution in [2.45, 2.75) is 36.9 Å². The van der Waals surface area contributed by atoms with Crippen molar-refractivity contribution in [3.63, 3.8) is 0 Å². The molecule has 1 saturated heterocycles. The Labute approximate surface area is 203 Å². The van der Waals surface area contributed by atoms with E-state index in [1.54, 1.807) is 12.1 Å². The van der Waals surface area contributed by atoms with E-state index in [4.69, 9.17) is 14.2 Å². The fraction of sp³-hybridized carbons (Fsp3) is 0.333. The molecule has 0 aliphatic carbocycles. The summed E-state index contributed by atoms with van der Waals surface area (Å²) < 4.78 is 17.6. The molecule has 2 aliphatic heterocycles. The smallest absolute Gasteiger partial charge is 0.142 e. The van der Waals surface area contributed by atoms with Gasteiger partial charge >= 0.3 is 0 Å². The van der Waals surface area contributed by atoms with Crippen LogP contribution in [-0.2, 0) is 11.2 Å². The first-order valence-corrected chi connectivity index (χ1v) is 11.7. The summed E-state index contributed by atoms with van der Waals surface area (Å²) in [5, 5.41) is 43.9. The fourth-order valence-corrected chi connectivity index (χ4v) is 4.52. The first-order chi connectivity index (χ1) is 17.0. The summed E-state index contributed by atoms with van der Waals surface area (Å²) in [6.45, 7) is 0.891. The van der Waals surface area contributed by atoms with Gasteiger partial charge in [-0.05, 0) is 53.1 Å². The lowest BCUT2D eigenvalue weighted by Gasteiger charge is -2.40. The molecule has 0 aromatic heterocycles. The summed E-state index contributed by atoms with van der Waals surface area (Å²) in [7, 11) is 0. The van der Waals surface area contributed by atoms with Gasteiger partial charge in [-0.15, -0.1) is 0 Å². The normalized spacial score (nSPS) is 25.8. The van der Waals surface area contributed by atoms with Crippen LogP contribution in [0.25, 0.3) is 0 Å². The summed E-state index contributed by atoms with van der Waals surface area (Å²) >= 11 is 0. The third-order valence-electron chi connectivity index (χ3n) is 6.39. The number of aliphatic hydroxyl groups excluding tert-OH is 4. The third-order valence-corrected chi connectivity index (χ3v) is 6.39. The number of ether oxygens (including phenoxy) is 3. The molecule has 0 radical (unpaired) electrons. The van der Waals surface area contributed by atoms with Crippen LogP contribution in [0.3, 0.4) is 0 Å². The van der Waals surface area contributed by atoms with Gasteiger partial charge in [0, 0.05) is 13.0 Å². The Morgan fingerprint density at radius 1 is 0.914 bits per heavy atom. The molecule has 0 bridgehead atoms. The first-order valence-electron chi connectivity index (χ1n) is 11.7. The van der Waals surface area contributed by atoms with E-state index in [0.29, 0.717) is 30.1 Å². The predicted octanol–water partition coefficient (Wildman–Crippen LogP) is 2.39. The standard InChI is InChI=1S/C27H29NO7/c29-15-23-24(30)25(31)26(32)27(35-23)17-7-9-21(34-19-4-2-1-3-5-19)18(14-17)12-16-6-8-22-20(13-16)28-10-11-33-22/h1-9,13-14,23-32H,10-12,15H2. The molecule has 0 amide bonds. The second-order valence-electron chi connectivity index (χ2n) is 8.81. The average Bonchev–Trinajstić information content (AvgIpc) is 2.89. The van der Waals surface area contributed by atoms with Gasteiger partial charge in [0.1, 0.15) is 54.4 Å². The van der Waals surface area contributed by atoms with Gasteiger partial charge in [-0.2, -0.15) is 0 Å². The Morgan fingerprint density at radius 2 is 1.74 bits per heavy atom. The second kappa shape index (κ2) is 10.2. The maximum Gasteiger partial charge on any atom is 0.142 e. The number of nitrogens with one attached hydrogen (secondary N) is 1. The number of hydrogen-bond donors (Lipinski definition) is 5. The minimum Gasteiger partial charge on any atom is -0.490 e. The molecule has 35 heavy (non-hydrogen) atoms. The molecule has 8 heteroatoms. The molecule has 5 N–H and O–H groups in total. The lowest BCUT2D eigenvalue weighted by atomic mass is 9.90. The Hall–Kier alpha value is -3.14. The van der Waals surface area contributed by atoms with Crippen LogP contribution in [0.1, 0.15) is 22.8 Å². The number of para-hydroxylation sites is 1. The lowest BCUT2D eigenvalue weighted by Crippen LogP contribution is -2.55. The van der Waals surface area contributed by atoms with Gasteiger partial charge in [0.15, 0.2) is 0 Å². The molecular weight excluding hydrogens is 450 g/mol. The van der Waals surface area contributed by atoms with E-state index < -0.39 is 37.1 Å².